The van der Waals surface area contributed by atoms with Gasteiger partial charge in [0.1, 0.15) is 0 Å². The molecule has 3 fully saturated rings. The monoisotopic (exact) mass is 631 g/mol. The highest BCUT2D eigenvalue weighted by atomic mass is 32.1. The highest BCUT2D eigenvalue weighted by Crippen LogP contribution is 2.32. The number of hydrogen-bond donors (Lipinski definition) is 1. The quantitative estimate of drug-likeness (QED) is 0.0677. The Bertz CT molecular complexity index is 560. The fraction of sp³-hybridized carbons (Fsp3) is 1.00. The van der Waals surface area contributed by atoms with E-state index in [-0.39, 0.29) is 0 Å². The van der Waals surface area contributed by atoms with Crippen molar-refractivity contribution in [3.63, 3.8) is 0 Å². The van der Waals surface area contributed by atoms with Crippen LogP contribution in [0.15, 0.2) is 0 Å². The van der Waals surface area contributed by atoms with Gasteiger partial charge >= 0.3 is 0 Å². The van der Waals surface area contributed by atoms with Crippen molar-refractivity contribution < 1.29 is 0 Å². The van der Waals surface area contributed by atoms with Gasteiger partial charge in [0, 0.05) is 5.25 Å². The van der Waals surface area contributed by atoms with E-state index >= 15 is 0 Å². The lowest BCUT2D eigenvalue weighted by Gasteiger charge is -2.25. The lowest BCUT2D eigenvalue weighted by Crippen LogP contribution is -2.14. The standard InChI is InChI=1S/C43H82S/c44-43-37-35-42(36-38-43)34-20-12-6-5-11-17-27-39(25-15-7-1-3-9-18-28-40-30-21-13-22-31-40)26-16-8-2-4-10-19-29-41-32-23-14-24-33-41/h39-44H,1-38H2. The molecule has 0 atom stereocenters. The van der Waals surface area contributed by atoms with Crippen LogP contribution < -0.4 is 0 Å². The van der Waals surface area contributed by atoms with Crippen LogP contribution in [0.3, 0.4) is 0 Å². The van der Waals surface area contributed by atoms with E-state index < -0.39 is 0 Å². The van der Waals surface area contributed by atoms with E-state index in [2.05, 4.69) is 12.6 Å². The second kappa shape index (κ2) is 27.3. The number of hydrogen-bond acceptors (Lipinski definition) is 1. The van der Waals surface area contributed by atoms with Gasteiger partial charge in [-0.25, -0.2) is 0 Å². The average molecular weight is 631 g/mol. The van der Waals surface area contributed by atoms with Gasteiger partial charge in [-0.1, -0.05) is 218 Å². The molecule has 44 heavy (non-hydrogen) atoms. The minimum atomic E-state index is 0.705. The molecule has 0 heterocycles. The molecule has 0 aromatic rings. The van der Waals surface area contributed by atoms with Gasteiger partial charge in [-0.3, -0.25) is 0 Å². The molecule has 0 unspecified atom stereocenters. The van der Waals surface area contributed by atoms with Crippen LogP contribution in [0, 0.1) is 23.7 Å². The van der Waals surface area contributed by atoms with E-state index in [4.69, 9.17) is 0 Å². The molecule has 0 radical (unpaired) electrons. The maximum Gasteiger partial charge on any atom is 0.00170 e. The van der Waals surface area contributed by atoms with Crippen molar-refractivity contribution in [2.24, 2.45) is 23.7 Å². The molecule has 0 saturated heterocycles. The predicted octanol–water partition coefficient (Wildman–Crippen LogP) is 15.6. The van der Waals surface area contributed by atoms with Gasteiger partial charge in [-0.2, -0.15) is 12.6 Å². The summed E-state index contributed by atoms with van der Waals surface area (Å²) < 4.78 is 0. The van der Waals surface area contributed by atoms with E-state index in [1.54, 1.807) is 38.5 Å². The molecule has 0 spiro atoms. The lowest BCUT2D eigenvalue weighted by molar-refractivity contribution is 0.326. The van der Waals surface area contributed by atoms with E-state index in [1.165, 1.54) is 205 Å². The third kappa shape index (κ3) is 20.6. The number of rotatable bonds is 27. The Labute approximate surface area is 284 Å². The van der Waals surface area contributed by atoms with Crippen molar-refractivity contribution in [2.75, 3.05) is 0 Å². The summed E-state index contributed by atoms with van der Waals surface area (Å²) in [7, 11) is 0. The Morgan fingerprint density at radius 3 is 0.977 bits per heavy atom. The van der Waals surface area contributed by atoms with E-state index in [9.17, 15) is 0 Å². The average Bonchev–Trinajstić information content (AvgIpc) is 3.06. The van der Waals surface area contributed by atoms with Crippen LogP contribution in [0.2, 0.25) is 0 Å². The molecule has 0 aromatic carbocycles. The maximum absolute atomic E-state index is 4.68. The van der Waals surface area contributed by atoms with Crippen LogP contribution in [0.1, 0.15) is 244 Å². The summed E-state index contributed by atoms with van der Waals surface area (Å²) >= 11 is 4.68. The van der Waals surface area contributed by atoms with Gasteiger partial charge in [0.25, 0.3) is 0 Å². The molecule has 0 nitrogen and oxygen atoms in total. The molecule has 260 valence electrons. The Kier molecular flexibility index (Phi) is 24.1. The lowest BCUT2D eigenvalue weighted by atomic mass is 9.85. The van der Waals surface area contributed by atoms with Crippen molar-refractivity contribution in [3.8, 4) is 0 Å². The van der Waals surface area contributed by atoms with Crippen LogP contribution in [-0.2, 0) is 0 Å². The zero-order chi connectivity index (χ0) is 30.8. The summed E-state index contributed by atoms with van der Waals surface area (Å²) in [6, 6.07) is 0. The molecule has 0 N–H and O–H groups in total. The summed E-state index contributed by atoms with van der Waals surface area (Å²) in [6.07, 6.45) is 57.3. The summed E-state index contributed by atoms with van der Waals surface area (Å²) in [5.41, 5.74) is 0. The zero-order valence-electron chi connectivity index (χ0n) is 30.2. The zero-order valence-corrected chi connectivity index (χ0v) is 31.1. The van der Waals surface area contributed by atoms with Crippen LogP contribution in [0.25, 0.3) is 0 Å². The first kappa shape index (κ1) is 38.8. The van der Waals surface area contributed by atoms with Crippen LogP contribution in [0.5, 0.6) is 0 Å². The Hall–Kier alpha value is 0.350. The number of thiol groups is 1. The van der Waals surface area contributed by atoms with Gasteiger partial charge in [0.15, 0.2) is 0 Å². The van der Waals surface area contributed by atoms with E-state index in [0.29, 0.717) is 5.25 Å². The Balaban J connectivity index is 1.17. The Morgan fingerprint density at radius 1 is 0.318 bits per heavy atom. The molecule has 1 heteroatoms. The predicted molar refractivity (Wildman–Crippen MR) is 202 cm³/mol. The third-order valence-corrected chi connectivity index (χ3v) is 13.2. The van der Waals surface area contributed by atoms with Crippen LogP contribution in [-0.4, -0.2) is 5.25 Å². The smallest absolute Gasteiger partial charge is 0.00170 e. The molecular weight excluding hydrogens is 549 g/mol. The summed E-state index contributed by atoms with van der Waals surface area (Å²) in [6.45, 7) is 0. The summed E-state index contributed by atoms with van der Waals surface area (Å²) in [5, 5.41) is 0.705. The fourth-order valence-electron chi connectivity index (χ4n) is 9.54. The van der Waals surface area contributed by atoms with Crippen molar-refractivity contribution in [1.29, 1.82) is 0 Å². The Morgan fingerprint density at radius 2 is 0.614 bits per heavy atom. The maximum atomic E-state index is 4.68. The first-order chi connectivity index (χ1) is 21.8. The second-order valence-corrected chi connectivity index (χ2v) is 17.4. The first-order valence-electron chi connectivity index (χ1n) is 21.5. The van der Waals surface area contributed by atoms with E-state index in [0.717, 1.165) is 23.7 Å². The van der Waals surface area contributed by atoms with Crippen molar-refractivity contribution in [3.05, 3.63) is 0 Å². The van der Waals surface area contributed by atoms with Gasteiger partial charge in [-0.15, -0.1) is 0 Å². The van der Waals surface area contributed by atoms with E-state index in [1.807, 2.05) is 0 Å². The minimum absolute atomic E-state index is 0.705. The molecule has 3 saturated carbocycles. The molecule has 3 aliphatic carbocycles. The second-order valence-electron chi connectivity index (χ2n) is 16.6. The summed E-state index contributed by atoms with van der Waals surface area (Å²) in [4.78, 5) is 0. The van der Waals surface area contributed by atoms with Gasteiger partial charge in [0.05, 0.1) is 0 Å². The normalized spacial score (nSPS) is 22.2. The largest absolute Gasteiger partial charge is 0.176 e. The highest BCUT2D eigenvalue weighted by molar-refractivity contribution is 7.80. The topological polar surface area (TPSA) is 0 Å². The highest BCUT2D eigenvalue weighted by Gasteiger charge is 2.18. The van der Waals surface area contributed by atoms with Crippen molar-refractivity contribution in [1.82, 2.24) is 0 Å². The molecular formula is C43H82S. The summed E-state index contributed by atoms with van der Waals surface area (Å²) in [5.74, 6) is 4.25. The molecule has 3 aliphatic rings. The van der Waals surface area contributed by atoms with Crippen LogP contribution >= 0.6 is 12.6 Å². The van der Waals surface area contributed by atoms with Gasteiger partial charge < -0.3 is 0 Å². The molecule has 0 aromatic heterocycles. The van der Waals surface area contributed by atoms with Gasteiger partial charge in [-0.05, 0) is 49.4 Å². The molecule has 3 rings (SSSR count). The van der Waals surface area contributed by atoms with Crippen molar-refractivity contribution in [2.45, 2.75) is 249 Å². The SMILES string of the molecule is SC1CCC(CCCCCCCCC(CCCCCCCCC2CCCCC2)CCCCCCCCC2CCCCC2)CC1. The molecule has 0 bridgehead atoms. The first-order valence-corrected chi connectivity index (χ1v) is 22.0. The van der Waals surface area contributed by atoms with Crippen molar-refractivity contribution >= 4 is 12.6 Å². The molecule has 0 aliphatic heterocycles. The third-order valence-electron chi connectivity index (χ3n) is 12.7. The minimum Gasteiger partial charge on any atom is -0.176 e. The van der Waals surface area contributed by atoms with Gasteiger partial charge in [0.2, 0.25) is 0 Å². The number of unbranched alkanes of at least 4 members (excludes halogenated alkanes) is 15. The fourth-order valence-corrected chi connectivity index (χ4v) is 9.84. The van der Waals surface area contributed by atoms with Crippen LogP contribution in [0.4, 0.5) is 0 Å². The molecule has 0 amide bonds.